The van der Waals surface area contributed by atoms with E-state index in [1.165, 1.54) is 27.4 Å². The van der Waals surface area contributed by atoms with Crippen molar-refractivity contribution in [2.75, 3.05) is 0 Å². The summed E-state index contributed by atoms with van der Waals surface area (Å²) in [7, 11) is -1.31. The summed E-state index contributed by atoms with van der Waals surface area (Å²) in [6, 6.07) is 8.95. The lowest BCUT2D eigenvalue weighted by molar-refractivity contribution is 1.13. The number of aromatic nitrogens is 1. The summed E-state index contributed by atoms with van der Waals surface area (Å²) >= 11 is 0. The Labute approximate surface area is 124 Å². The summed E-state index contributed by atoms with van der Waals surface area (Å²) in [6.07, 6.45) is 3.21. The summed E-state index contributed by atoms with van der Waals surface area (Å²) in [6.45, 7) is 13.7. The second-order valence-corrected chi connectivity index (χ2v) is 11.7. The van der Waals surface area contributed by atoms with Crippen LogP contribution in [0.2, 0.25) is 19.6 Å². The van der Waals surface area contributed by atoms with E-state index in [-0.39, 0.29) is 0 Å². The van der Waals surface area contributed by atoms with E-state index < -0.39 is 8.07 Å². The average Bonchev–Trinajstić information content (AvgIpc) is 2.35. The molecule has 2 aromatic rings. The van der Waals surface area contributed by atoms with Crippen molar-refractivity contribution in [1.82, 2.24) is 4.98 Å². The molecule has 0 aliphatic carbocycles. The number of benzene rings is 1. The van der Waals surface area contributed by atoms with Gasteiger partial charge in [-0.2, -0.15) is 0 Å². The van der Waals surface area contributed by atoms with Crippen LogP contribution in [0.4, 0.5) is 0 Å². The maximum atomic E-state index is 4.74. The molecule has 0 radical (unpaired) electrons. The normalized spacial score (nSPS) is 11.7. The fourth-order valence-electron chi connectivity index (χ4n) is 2.75. The van der Waals surface area contributed by atoms with E-state index >= 15 is 0 Å². The maximum Gasteiger partial charge on any atom is 0.0799 e. The first-order valence-electron chi connectivity index (χ1n) is 7.39. The van der Waals surface area contributed by atoms with E-state index in [4.69, 9.17) is 4.98 Å². The van der Waals surface area contributed by atoms with Gasteiger partial charge in [-0.05, 0) is 49.2 Å². The molecule has 0 saturated heterocycles. The summed E-state index contributed by atoms with van der Waals surface area (Å²) in [5, 5.41) is 1.49. The molecule has 2 heteroatoms. The molecule has 106 valence electrons. The molecule has 0 amide bonds. The van der Waals surface area contributed by atoms with Crippen LogP contribution < -0.4 is 5.19 Å². The fourth-order valence-corrected chi connectivity index (χ4v) is 4.41. The van der Waals surface area contributed by atoms with Crippen molar-refractivity contribution in [3.05, 3.63) is 47.2 Å². The molecule has 0 unspecified atom stereocenters. The number of nitrogens with zero attached hydrogens (tertiary/aromatic N) is 1. The van der Waals surface area contributed by atoms with E-state index in [1.54, 1.807) is 0 Å². The monoisotopic (exact) mass is 283 g/mol. The van der Waals surface area contributed by atoms with E-state index in [0.717, 1.165) is 12.1 Å². The van der Waals surface area contributed by atoms with Crippen molar-refractivity contribution in [2.45, 2.75) is 46.8 Å². The summed E-state index contributed by atoms with van der Waals surface area (Å²) in [5.41, 5.74) is 6.41. The van der Waals surface area contributed by atoms with Crippen LogP contribution >= 0.6 is 0 Å². The minimum atomic E-state index is -1.31. The third-order valence-corrected chi connectivity index (χ3v) is 5.76. The van der Waals surface area contributed by atoms with E-state index in [1.807, 2.05) is 0 Å². The van der Waals surface area contributed by atoms with Crippen molar-refractivity contribution in [1.29, 1.82) is 0 Å². The van der Waals surface area contributed by atoms with Gasteiger partial charge in [0.15, 0.2) is 0 Å². The molecular weight excluding hydrogens is 258 g/mol. The minimum absolute atomic E-state index is 1.08. The molecule has 0 spiro atoms. The van der Waals surface area contributed by atoms with E-state index in [2.05, 4.69) is 70.9 Å². The third kappa shape index (κ3) is 3.18. The predicted octanol–water partition coefficient (Wildman–Crippen LogP) is 4.47. The highest BCUT2D eigenvalue weighted by Crippen LogP contribution is 2.21. The molecule has 2 rings (SSSR count). The highest BCUT2D eigenvalue weighted by Gasteiger charge is 2.20. The molecule has 1 nitrogen and oxygen atoms in total. The zero-order chi connectivity index (χ0) is 14.9. The highest BCUT2D eigenvalue weighted by molar-refractivity contribution is 6.89. The smallest absolute Gasteiger partial charge is 0.0799 e. The lowest BCUT2D eigenvalue weighted by Crippen LogP contribution is -2.40. The standard InChI is InChI=1S/C18H25NSi/c1-7-15-11-17(19-12-18(15)20(4,5)6)16-9-13(2)8-14(3)10-16/h8-12H,7H2,1-6H3. The van der Waals surface area contributed by atoms with Gasteiger partial charge in [0.1, 0.15) is 0 Å². The molecular formula is C18H25NSi. The zero-order valence-electron chi connectivity index (χ0n) is 13.5. The average molecular weight is 283 g/mol. The van der Waals surface area contributed by atoms with Gasteiger partial charge in [0.25, 0.3) is 0 Å². The fraction of sp³-hybridized carbons (Fsp3) is 0.389. The number of pyridine rings is 1. The van der Waals surface area contributed by atoms with Crippen molar-refractivity contribution < 1.29 is 0 Å². The van der Waals surface area contributed by atoms with Gasteiger partial charge in [0.05, 0.1) is 13.8 Å². The van der Waals surface area contributed by atoms with Crippen LogP contribution in [0.1, 0.15) is 23.6 Å². The lowest BCUT2D eigenvalue weighted by atomic mass is 10.0. The molecule has 0 aliphatic heterocycles. The topological polar surface area (TPSA) is 12.9 Å². The Balaban J connectivity index is 2.54. The molecule has 0 aliphatic rings. The molecule has 1 aromatic heterocycles. The first kappa shape index (κ1) is 15.0. The molecule has 20 heavy (non-hydrogen) atoms. The van der Waals surface area contributed by atoms with Gasteiger partial charge in [-0.15, -0.1) is 0 Å². The van der Waals surface area contributed by atoms with Gasteiger partial charge in [-0.3, -0.25) is 4.98 Å². The van der Waals surface area contributed by atoms with Crippen molar-refractivity contribution >= 4 is 13.3 Å². The summed E-state index contributed by atoms with van der Waals surface area (Å²) in [4.78, 5) is 4.74. The number of hydrogen-bond acceptors (Lipinski definition) is 1. The second kappa shape index (κ2) is 5.53. The zero-order valence-corrected chi connectivity index (χ0v) is 14.5. The third-order valence-electron chi connectivity index (χ3n) is 3.70. The number of aryl methyl sites for hydroxylation is 3. The van der Waals surface area contributed by atoms with Gasteiger partial charge >= 0.3 is 0 Å². The van der Waals surface area contributed by atoms with E-state index in [9.17, 15) is 0 Å². The molecule has 0 N–H and O–H groups in total. The lowest BCUT2D eigenvalue weighted by Gasteiger charge is -2.20. The van der Waals surface area contributed by atoms with Crippen LogP contribution in [0.3, 0.4) is 0 Å². The van der Waals surface area contributed by atoms with Crippen LogP contribution in [0, 0.1) is 13.8 Å². The molecule has 0 saturated carbocycles. The molecule has 0 bridgehead atoms. The Bertz CT molecular complexity index is 604. The van der Waals surface area contributed by atoms with Crippen molar-refractivity contribution in [3.8, 4) is 11.3 Å². The minimum Gasteiger partial charge on any atom is -0.256 e. The molecule has 1 aromatic carbocycles. The first-order valence-corrected chi connectivity index (χ1v) is 10.9. The Hall–Kier alpha value is -1.41. The quantitative estimate of drug-likeness (QED) is 0.757. The van der Waals surface area contributed by atoms with Crippen LogP contribution in [0.15, 0.2) is 30.5 Å². The Morgan fingerprint density at radius 3 is 2.05 bits per heavy atom. The first-order chi connectivity index (χ1) is 9.31. The van der Waals surface area contributed by atoms with Crippen LogP contribution in [-0.2, 0) is 6.42 Å². The molecule has 1 heterocycles. The van der Waals surface area contributed by atoms with Gasteiger partial charge < -0.3 is 0 Å². The SMILES string of the molecule is CCc1cc(-c2cc(C)cc(C)c2)ncc1[Si](C)(C)C. The van der Waals surface area contributed by atoms with Gasteiger partial charge in [-0.25, -0.2) is 0 Å². The summed E-state index contributed by atoms with van der Waals surface area (Å²) in [5.74, 6) is 0. The van der Waals surface area contributed by atoms with Crippen molar-refractivity contribution in [2.24, 2.45) is 0 Å². The number of rotatable bonds is 3. The second-order valence-electron chi connectivity index (χ2n) is 6.71. The Morgan fingerprint density at radius 1 is 0.950 bits per heavy atom. The largest absolute Gasteiger partial charge is 0.256 e. The van der Waals surface area contributed by atoms with Gasteiger partial charge in [-0.1, -0.05) is 43.8 Å². The van der Waals surface area contributed by atoms with Crippen molar-refractivity contribution in [3.63, 3.8) is 0 Å². The Morgan fingerprint density at radius 2 is 1.55 bits per heavy atom. The van der Waals surface area contributed by atoms with Gasteiger partial charge in [0.2, 0.25) is 0 Å². The predicted molar refractivity (Wildman–Crippen MR) is 91.5 cm³/mol. The maximum absolute atomic E-state index is 4.74. The Kier molecular flexibility index (Phi) is 4.14. The van der Waals surface area contributed by atoms with E-state index in [0.29, 0.717) is 0 Å². The highest BCUT2D eigenvalue weighted by atomic mass is 28.3. The van der Waals surface area contributed by atoms with Crippen LogP contribution in [-0.4, -0.2) is 13.1 Å². The van der Waals surface area contributed by atoms with Crippen LogP contribution in [0.5, 0.6) is 0 Å². The van der Waals surface area contributed by atoms with Crippen LogP contribution in [0.25, 0.3) is 11.3 Å². The van der Waals surface area contributed by atoms with Gasteiger partial charge in [0, 0.05) is 11.8 Å². The summed E-state index contributed by atoms with van der Waals surface area (Å²) < 4.78 is 0. The number of hydrogen-bond donors (Lipinski definition) is 0. The molecule has 0 atom stereocenters. The molecule has 0 fully saturated rings.